The van der Waals surface area contributed by atoms with Gasteiger partial charge in [-0.25, -0.2) is 19.3 Å². The van der Waals surface area contributed by atoms with Gasteiger partial charge in [0.05, 0.1) is 18.3 Å². The second kappa shape index (κ2) is 12.0. The smallest absolute Gasteiger partial charge is 0.324 e. The Morgan fingerprint density at radius 1 is 1.16 bits per heavy atom. The van der Waals surface area contributed by atoms with E-state index in [-0.39, 0.29) is 11.9 Å². The topological polar surface area (TPSA) is 144 Å². The van der Waals surface area contributed by atoms with Gasteiger partial charge in [-0.15, -0.1) is 0 Å². The van der Waals surface area contributed by atoms with Crippen LogP contribution in [-0.4, -0.2) is 91.8 Å². The number of aliphatic hydroxyl groups excluding tert-OH is 1. The average Bonchev–Trinajstić information content (AvgIpc) is 3.76. The number of carboxylic acids is 1. The van der Waals surface area contributed by atoms with Crippen LogP contribution >= 0.6 is 0 Å². The summed E-state index contributed by atoms with van der Waals surface area (Å²) >= 11 is 0. The molecule has 2 saturated heterocycles. The van der Waals surface area contributed by atoms with Gasteiger partial charge in [-0.05, 0) is 43.5 Å². The number of carboxylic acid groups (broad SMARTS) is 1. The molecule has 43 heavy (non-hydrogen) atoms. The van der Waals surface area contributed by atoms with E-state index in [1.807, 2.05) is 36.1 Å². The Balaban J connectivity index is 1.13. The Kier molecular flexibility index (Phi) is 8.10. The van der Waals surface area contributed by atoms with Gasteiger partial charge in [0.25, 0.3) is 0 Å². The van der Waals surface area contributed by atoms with Gasteiger partial charge in [0, 0.05) is 80.6 Å². The Bertz CT molecular complexity index is 1510. The monoisotopic (exact) mass is 588 g/mol. The lowest BCUT2D eigenvalue weighted by Crippen LogP contribution is -2.54. The van der Waals surface area contributed by atoms with Crippen molar-refractivity contribution in [2.45, 2.75) is 43.9 Å². The zero-order valence-electron chi connectivity index (χ0n) is 24.2. The van der Waals surface area contributed by atoms with Crippen LogP contribution in [0.3, 0.4) is 0 Å². The van der Waals surface area contributed by atoms with E-state index in [0.29, 0.717) is 81.5 Å². The number of nitrogens with zero attached hydrogens (tertiary/aromatic N) is 6. The lowest BCUT2D eigenvalue weighted by atomic mass is 10.0. The van der Waals surface area contributed by atoms with E-state index < -0.39 is 17.6 Å². The van der Waals surface area contributed by atoms with Crippen LogP contribution in [0.1, 0.15) is 37.8 Å². The zero-order valence-corrected chi connectivity index (χ0v) is 24.2. The van der Waals surface area contributed by atoms with Crippen molar-refractivity contribution in [3.63, 3.8) is 0 Å². The first-order valence-electron chi connectivity index (χ1n) is 14.7. The molecule has 12 heteroatoms. The summed E-state index contributed by atoms with van der Waals surface area (Å²) in [5.41, 5.74) is 8.39. The fraction of sp³-hybridized carbons (Fsp3) is 0.419. The van der Waals surface area contributed by atoms with Crippen LogP contribution in [0.25, 0.3) is 11.1 Å². The molecule has 0 amide bonds. The molecule has 0 radical (unpaired) electrons. The quantitative estimate of drug-likeness (QED) is 0.293. The van der Waals surface area contributed by atoms with E-state index >= 15 is 4.39 Å². The highest BCUT2D eigenvalue weighted by molar-refractivity contribution is 5.82. The van der Waals surface area contributed by atoms with Crippen LogP contribution in [0.2, 0.25) is 0 Å². The normalized spacial score (nSPS) is 22.1. The van der Waals surface area contributed by atoms with Crippen molar-refractivity contribution in [3.05, 3.63) is 72.1 Å². The number of nitrogens with one attached hydrogen (secondary N) is 1. The fourth-order valence-electron chi connectivity index (χ4n) is 6.20. The number of β-amino-alcohol motifs (C(OH)–C–C–N with tert-alkyl or cyclic N) is 1. The Morgan fingerprint density at radius 2 is 1.91 bits per heavy atom. The van der Waals surface area contributed by atoms with Gasteiger partial charge >= 0.3 is 5.97 Å². The van der Waals surface area contributed by atoms with Crippen molar-refractivity contribution in [2.75, 3.05) is 49.5 Å². The lowest BCUT2D eigenvalue weighted by Gasteiger charge is -2.40. The summed E-state index contributed by atoms with van der Waals surface area (Å²) in [5, 5.41) is 22.8. The minimum absolute atomic E-state index is 0.171. The minimum atomic E-state index is -0.738. The molecule has 1 saturated carbocycles. The number of hydrogen-bond acceptors (Lipinski definition) is 10. The van der Waals surface area contributed by atoms with Crippen LogP contribution in [0.5, 0.6) is 0 Å². The molecule has 2 atom stereocenters. The fourth-order valence-corrected chi connectivity index (χ4v) is 6.20. The lowest BCUT2D eigenvalue weighted by molar-refractivity contribution is -0.146. The number of aliphatic carboxylic acids is 1. The molecule has 1 aromatic carbocycles. The van der Waals surface area contributed by atoms with Gasteiger partial charge < -0.3 is 26.2 Å². The summed E-state index contributed by atoms with van der Waals surface area (Å²) in [6.07, 6.45) is 8.39. The molecule has 0 bridgehead atoms. The predicted octanol–water partition coefficient (Wildman–Crippen LogP) is 3.13. The molecule has 226 valence electrons. The van der Waals surface area contributed by atoms with E-state index in [0.717, 1.165) is 16.8 Å². The first-order valence-corrected chi connectivity index (χ1v) is 14.7. The van der Waals surface area contributed by atoms with Crippen molar-refractivity contribution in [1.82, 2.24) is 24.8 Å². The van der Waals surface area contributed by atoms with Crippen LogP contribution in [0, 0.1) is 5.82 Å². The molecule has 5 N–H and O–H groups in total. The second-order valence-corrected chi connectivity index (χ2v) is 11.5. The first-order chi connectivity index (χ1) is 20.8. The summed E-state index contributed by atoms with van der Waals surface area (Å²) in [5.74, 6) is -0.0947. The molecule has 2 aliphatic heterocycles. The van der Waals surface area contributed by atoms with E-state index in [2.05, 4.69) is 30.1 Å². The number of aliphatic hydroxyl groups is 1. The van der Waals surface area contributed by atoms with Crippen molar-refractivity contribution in [1.29, 1.82) is 0 Å². The van der Waals surface area contributed by atoms with Gasteiger partial charge in [0.1, 0.15) is 11.4 Å². The van der Waals surface area contributed by atoms with Gasteiger partial charge in [0.15, 0.2) is 5.82 Å². The molecule has 3 aromatic rings. The summed E-state index contributed by atoms with van der Waals surface area (Å²) in [6.45, 7) is 5.45. The maximum Gasteiger partial charge on any atom is 0.324 e. The van der Waals surface area contributed by atoms with E-state index in [9.17, 15) is 15.0 Å². The maximum absolute atomic E-state index is 15.8. The number of hydrogen-bond donors (Lipinski definition) is 4. The maximum atomic E-state index is 15.8. The average molecular weight is 589 g/mol. The predicted molar refractivity (Wildman–Crippen MR) is 161 cm³/mol. The molecule has 2 aromatic heterocycles. The molecule has 4 heterocycles. The second-order valence-electron chi connectivity index (χ2n) is 11.5. The standard InChI is InChI=1S/C31H37FN8O3/c1-20(38-11-13-39(14-12-38)31(7-8-31)29(42)43)25-3-2-4-26(28(25)32)37-27-15-21(6-10-34-27)22-17-35-30(36-18-22)40-19-24(41)16-23(40)5-9-33/h2-6,10,15,17-18,20,24,41H,7-9,11-14,16,19,33H2,1H3,(H,34,37)(H,42,43)/b23-5+. The van der Waals surface area contributed by atoms with E-state index in [4.69, 9.17) is 5.73 Å². The highest BCUT2D eigenvalue weighted by atomic mass is 19.1. The third-order valence-corrected chi connectivity index (χ3v) is 8.84. The summed E-state index contributed by atoms with van der Waals surface area (Å²) in [4.78, 5) is 31.3. The number of carbonyl (C=O) groups is 1. The number of piperazine rings is 1. The number of nitrogens with two attached hydrogens (primary N) is 1. The van der Waals surface area contributed by atoms with Gasteiger partial charge in [0.2, 0.25) is 5.95 Å². The number of anilines is 3. The van der Waals surface area contributed by atoms with Crippen LogP contribution in [0.15, 0.2) is 60.7 Å². The number of halogens is 1. The third-order valence-electron chi connectivity index (χ3n) is 8.84. The van der Waals surface area contributed by atoms with Crippen LogP contribution < -0.4 is 16.0 Å². The summed E-state index contributed by atoms with van der Waals surface area (Å²) in [6, 6.07) is 8.81. The van der Waals surface area contributed by atoms with Gasteiger partial charge in [-0.3, -0.25) is 14.6 Å². The van der Waals surface area contributed by atoms with E-state index in [1.54, 1.807) is 30.7 Å². The van der Waals surface area contributed by atoms with Crippen LogP contribution in [-0.2, 0) is 4.79 Å². The zero-order chi connectivity index (χ0) is 30.1. The first kappa shape index (κ1) is 29.1. The molecular formula is C31H37FN8O3. The Morgan fingerprint density at radius 3 is 2.58 bits per heavy atom. The van der Waals surface area contributed by atoms with Crippen LogP contribution in [0.4, 0.5) is 21.8 Å². The number of benzene rings is 1. The highest BCUT2D eigenvalue weighted by Gasteiger charge is 2.55. The SMILES string of the molecule is CC(c1cccc(Nc2cc(-c3cnc(N4CC(O)C/C4=C\CN)nc3)ccn2)c1F)N1CCN(C2(C(=O)O)CC2)CC1. The largest absolute Gasteiger partial charge is 0.480 e. The van der Waals surface area contributed by atoms with Crippen molar-refractivity contribution in [3.8, 4) is 11.1 Å². The van der Waals surface area contributed by atoms with Crippen molar-refractivity contribution >= 4 is 23.4 Å². The number of rotatable bonds is 9. The van der Waals surface area contributed by atoms with Gasteiger partial charge in [-0.1, -0.05) is 18.2 Å². The Labute approximate surface area is 249 Å². The third kappa shape index (κ3) is 5.83. The molecule has 3 fully saturated rings. The summed E-state index contributed by atoms with van der Waals surface area (Å²) in [7, 11) is 0. The molecule has 6 rings (SSSR count). The molecule has 3 aliphatic rings. The summed E-state index contributed by atoms with van der Waals surface area (Å²) < 4.78 is 15.8. The molecule has 1 aliphatic carbocycles. The van der Waals surface area contributed by atoms with Crippen molar-refractivity contribution < 1.29 is 19.4 Å². The number of pyridine rings is 1. The molecular weight excluding hydrogens is 551 g/mol. The highest BCUT2D eigenvalue weighted by Crippen LogP contribution is 2.43. The Hall–Kier alpha value is -3.97. The molecule has 2 unspecified atom stereocenters. The van der Waals surface area contributed by atoms with E-state index in [1.165, 1.54) is 0 Å². The van der Waals surface area contributed by atoms with Gasteiger partial charge in [-0.2, -0.15) is 0 Å². The number of aromatic nitrogens is 3. The minimum Gasteiger partial charge on any atom is -0.480 e. The molecule has 11 nitrogen and oxygen atoms in total. The van der Waals surface area contributed by atoms with Crippen molar-refractivity contribution in [2.24, 2.45) is 5.73 Å². The molecule has 0 spiro atoms.